The van der Waals surface area contributed by atoms with Gasteiger partial charge < -0.3 is 5.32 Å². The molecule has 0 saturated carbocycles. The van der Waals surface area contributed by atoms with Gasteiger partial charge in [0, 0.05) is 16.8 Å². The average molecular weight is 454 g/mol. The zero-order chi connectivity index (χ0) is 22.1. The minimum Gasteiger partial charge on any atom is -0.332 e. The van der Waals surface area contributed by atoms with Gasteiger partial charge in [-0.25, -0.2) is 4.98 Å². The Bertz CT molecular complexity index is 1470. The van der Waals surface area contributed by atoms with Crippen LogP contribution < -0.4 is 10.6 Å². The van der Waals surface area contributed by atoms with Gasteiger partial charge in [0.05, 0.1) is 10.2 Å². The summed E-state index contributed by atoms with van der Waals surface area (Å²) in [7, 11) is 0. The highest BCUT2D eigenvalue weighted by Gasteiger charge is 2.12. The van der Waals surface area contributed by atoms with Gasteiger partial charge in [0.2, 0.25) is 0 Å². The van der Waals surface area contributed by atoms with Gasteiger partial charge in [-0.2, -0.15) is 0 Å². The van der Waals surface area contributed by atoms with E-state index in [0.717, 1.165) is 32.5 Å². The smallest absolute Gasteiger partial charge is 0.258 e. The molecule has 5 rings (SSSR count). The highest BCUT2D eigenvalue weighted by atomic mass is 32.1. The topological polar surface area (TPSA) is 54.0 Å². The number of fused-ring (bicyclic) bond motifs is 2. The Kier molecular flexibility index (Phi) is 5.39. The fourth-order valence-corrected chi connectivity index (χ4v) is 4.89. The minimum atomic E-state index is -0.235. The Hall–Kier alpha value is -3.61. The molecule has 0 aliphatic carbocycles. The number of aromatic nitrogens is 1. The average Bonchev–Trinajstić information content (AvgIpc) is 3.22. The fraction of sp³-hybridized carbons (Fsp3) is 0.0385. The molecule has 0 aliphatic heterocycles. The number of amides is 1. The number of benzene rings is 4. The van der Waals surface area contributed by atoms with Crippen molar-refractivity contribution in [1.82, 2.24) is 10.3 Å². The molecule has 0 unspecified atom stereocenters. The normalized spacial score (nSPS) is 10.9. The van der Waals surface area contributed by atoms with Gasteiger partial charge in [0.15, 0.2) is 5.11 Å². The first kappa shape index (κ1) is 20.3. The van der Waals surface area contributed by atoms with Crippen LogP contribution in [0.2, 0.25) is 0 Å². The van der Waals surface area contributed by atoms with E-state index in [0.29, 0.717) is 5.56 Å². The minimum absolute atomic E-state index is 0.235. The van der Waals surface area contributed by atoms with E-state index in [2.05, 4.69) is 35.8 Å². The summed E-state index contributed by atoms with van der Waals surface area (Å²) in [6, 6.07) is 27.6. The second kappa shape index (κ2) is 8.49. The predicted octanol–water partition coefficient (Wildman–Crippen LogP) is 6.55. The molecule has 6 heteroatoms. The third-order valence-electron chi connectivity index (χ3n) is 5.19. The lowest BCUT2D eigenvalue weighted by atomic mass is 10.0. The van der Waals surface area contributed by atoms with Crippen LogP contribution in [0.4, 0.5) is 5.69 Å². The number of nitrogens with one attached hydrogen (secondary N) is 2. The lowest BCUT2D eigenvalue weighted by Crippen LogP contribution is -2.34. The highest BCUT2D eigenvalue weighted by molar-refractivity contribution is 7.80. The number of nitrogens with zero attached hydrogens (tertiary/aromatic N) is 1. The number of anilines is 1. The molecular weight excluding hydrogens is 434 g/mol. The highest BCUT2D eigenvalue weighted by Crippen LogP contribution is 2.31. The van der Waals surface area contributed by atoms with Crippen molar-refractivity contribution in [3.63, 3.8) is 0 Å². The monoisotopic (exact) mass is 453 g/mol. The van der Waals surface area contributed by atoms with Gasteiger partial charge in [0.25, 0.3) is 5.91 Å². The van der Waals surface area contributed by atoms with Crippen molar-refractivity contribution < 1.29 is 4.79 Å². The summed E-state index contributed by atoms with van der Waals surface area (Å²) in [6.07, 6.45) is 0. The van der Waals surface area contributed by atoms with Gasteiger partial charge in [0.1, 0.15) is 5.01 Å². The molecule has 156 valence electrons. The van der Waals surface area contributed by atoms with Crippen molar-refractivity contribution in [3.05, 3.63) is 96.1 Å². The molecule has 0 spiro atoms. The van der Waals surface area contributed by atoms with Gasteiger partial charge >= 0.3 is 0 Å². The number of aryl methyl sites for hydroxylation is 1. The summed E-state index contributed by atoms with van der Waals surface area (Å²) in [5.74, 6) is -0.235. The van der Waals surface area contributed by atoms with Crippen LogP contribution in [0.1, 0.15) is 15.9 Å². The molecule has 1 amide bonds. The van der Waals surface area contributed by atoms with E-state index in [1.165, 1.54) is 10.3 Å². The first-order chi connectivity index (χ1) is 15.6. The van der Waals surface area contributed by atoms with Crippen molar-refractivity contribution in [2.24, 2.45) is 0 Å². The van der Waals surface area contributed by atoms with E-state index in [1.807, 2.05) is 60.7 Å². The maximum Gasteiger partial charge on any atom is 0.258 e. The van der Waals surface area contributed by atoms with Crippen LogP contribution >= 0.6 is 23.6 Å². The molecule has 32 heavy (non-hydrogen) atoms. The summed E-state index contributed by atoms with van der Waals surface area (Å²) in [5, 5.41) is 9.00. The Morgan fingerprint density at radius 1 is 0.938 bits per heavy atom. The summed E-state index contributed by atoms with van der Waals surface area (Å²) in [4.78, 5) is 17.5. The molecule has 4 nitrogen and oxygen atoms in total. The number of thiocarbonyl (C=S) groups is 1. The number of thiazole rings is 1. The van der Waals surface area contributed by atoms with Crippen molar-refractivity contribution in [1.29, 1.82) is 0 Å². The van der Waals surface area contributed by atoms with Crippen molar-refractivity contribution in [3.8, 4) is 10.6 Å². The van der Waals surface area contributed by atoms with E-state index in [-0.39, 0.29) is 11.0 Å². The summed E-state index contributed by atoms with van der Waals surface area (Å²) in [6.45, 7) is 2.08. The number of carbonyl (C=O) groups excluding carboxylic acids is 1. The number of hydrogen-bond donors (Lipinski definition) is 2. The Morgan fingerprint density at radius 3 is 2.56 bits per heavy atom. The molecule has 0 fully saturated rings. The fourth-order valence-electron chi connectivity index (χ4n) is 3.61. The van der Waals surface area contributed by atoms with Gasteiger partial charge in [-0.3, -0.25) is 10.1 Å². The lowest BCUT2D eigenvalue weighted by molar-refractivity contribution is 0.0979. The molecule has 1 aromatic heterocycles. The summed E-state index contributed by atoms with van der Waals surface area (Å²) >= 11 is 7.04. The lowest BCUT2D eigenvalue weighted by Gasteiger charge is -2.11. The second-order valence-electron chi connectivity index (χ2n) is 7.50. The second-order valence-corrected chi connectivity index (χ2v) is 8.94. The van der Waals surface area contributed by atoms with E-state index in [4.69, 9.17) is 17.2 Å². The molecule has 0 atom stereocenters. The van der Waals surface area contributed by atoms with E-state index < -0.39 is 0 Å². The number of hydrogen-bond acceptors (Lipinski definition) is 4. The molecular formula is C26H19N3OS2. The summed E-state index contributed by atoms with van der Waals surface area (Å²) < 4.78 is 1.18. The van der Waals surface area contributed by atoms with Crippen LogP contribution in [0.25, 0.3) is 31.6 Å². The van der Waals surface area contributed by atoms with Crippen LogP contribution in [0.15, 0.2) is 84.9 Å². The standard InChI is InChI=1S/C26H19N3OS2/c1-16-9-14-22-23(15-16)32-25(28-22)18-10-12-19(13-11-18)27-26(31)29-24(30)21-8-4-6-17-5-2-3-7-20(17)21/h2-15H,1H3,(H2,27,29,30,31). The molecule has 4 aromatic carbocycles. The first-order valence-corrected chi connectivity index (χ1v) is 11.4. The molecule has 0 bridgehead atoms. The van der Waals surface area contributed by atoms with Crippen molar-refractivity contribution in [2.45, 2.75) is 6.92 Å². The molecule has 1 heterocycles. The van der Waals surface area contributed by atoms with Crippen LogP contribution in [-0.2, 0) is 0 Å². The van der Waals surface area contributed by atoms with Crippen LogP contribution in [0, 0.1) is 6.92 Å². The van der Waals surface area contributed by atoms with Gasteiger partial charge in [-0.15, -0.1) is 11.3 Å². The summed E-state index contributed by atoms with van der Waals surface area (Å²) in [5.41, 5.74) is 4.67. The zero-order valence-electron chi connectivity index (χ0n) is 17.3. The third kappa shape index (κ3) is 4.10. The number of rotatable bonds is 3. The van der Waals surface area contributed by atoms with Crippen LogP contribution in [-0.4, -0.2) is 16.0 Å². The third-order valence-corrected chi connectivity index (χ3v) is 6.47. The Balaban J connectivity index is 1.28. The van der Waals surface area contributed by atoms with E-state index in [9.17, 15) is 4.79 Å². The SMILES string of the molecule is Cc1ccc2nc(-c3ccc(NC(=S)NC(=O)c4cccc5ccccc45)cc3)sc2c1. The maximum atomic E-state index is 12.8. The quantitative estimate of drug-likeness (QED) is 0.304. The van der Waals surface area contributed by atoms with Crippen LogP contribution in [0.5, 0.6) is 0 Å². The van der Waals surface area contributed by atoms with Gasteiger partial charge in [-0.1, -0.05) is 42.5 Å². The first-order valence-electron chi connectivity index (χ1n) is 10.1. The molecule has 5 aromatic rings. The predicted molar refractivity (Wildman–Crippen MR) is 137 cm³/mol. The Labute approximate surface area is 194 Å². The van der Waals surface area contributed by atoms with E-state index in [1.54, 1.807) is 17.4 Å². The molecule has 0 aliphatic rings. The zero-order valence-corrected chi connectivity index (χ0v) is 18.9. The van der Waals surface area contributed by atoms with Crippen molar-refractivity contribution in [2.75, 3.05) is 5.32 Å². The van der Waals surface area contributed by atoms with Crippen LogP contribution in [0.3, 0.4) is 0 Å². The molecule has 2 N–H and O–H groups in total. The number of carbonyl (C=O) groups is 1. The Morgan fingerprint density at radius 2 is 1.72 bits per heavy atom. The maximum absolute atomic E-state index is 12.8. The molecule has 0 saturated heterocycles. The molecule has 0 radical (unpaired) electrons. The van der Waals surface area contributed by atoms with Gasteiger partial charge in [-0.05, 0) is 77.9 Å². The van der Waals surface area contributed by atoms with E-state index >= 15 is 0 Å². The largest absolute Gasteiger partial charge is 0.332 e. The van der Waals surface area contributed by atoms with Crippen molar-refractivity contribution >= 4 is 61.3 Å².